The molecular weight excluding hydrogens is 148 g/mol. The molecule has 0 aromatic rings. The van der Waals surface area contributed by atoms with Crippen molar-refractivity contribution in [3.63, 3.8) is 0 Å². The van der Waals surface area contributed by atoms with E-state index in [-0.39, 0.29) is 5.54 Å². The summed E-state index contributed by atoms with van der Waals surface area (Å²) in [5.41, 5.74) is 6.21. The highest BCUT2D eigenvalue weighted by molar-refractivity contribution is 5.00. The third-order valence-corrected chi connectivity index (χ3v) is 2.62. The molecule has 0 aliphatic heterocycles. The lowest BCUT2D eigenvalue weighted by Crippen LogP contribution is -2.37. The topological polar surface area (TPSA) is 29.3 Å². The molecule has 0 heterocycles. The van der Waals surface area contributed by atoms with Crippen molar-refractivity contribution in [1.29, 1.82) is 0 Å². The molecule has 1 saturated carbocycles. The average Bonchev–Trinajstić information content (AvgIpc) is 2.68. The monoisotopic (exact) mass is 170 g/mol. The van der Waals surface area contributed by atoms with Gasteiger partial charge in [0.2, 0.25) is 0 Å². The van der Waals surface area contributed by atoms with Gasteiger partial charge in [0.05, 0.1) is 0 Å². The molecule has 0 aromatic heterocycles. The third-order valence-electron chi connectivity index (χ3n) is 2.62. The number of rotatable bonds is 6. The van der Waals surface area contributed by atoms with Crippen LogP contribution in [0.1, 0.15) is 39.0 Å². The lowest BCUT2D eigenvalue weighted by atomic mass is 10.2. The number of hydrogen-bond donors (Lipinski definition) is 1. The maximum Gasteiger partial charge on any atom is 0.0284 e. The van der Waals surface area contributed by atoms with Crippen molar-refractivity contribution in [3.05, 3.63) is 0 Å². The second kappa shape index (κ2) is 4.24. The van der Waals surface area contributed by atoms with Crippen LogP contribution >= 0.6 is 0 Å². The van der Waals surface area contributed by atoms with Gasteiger partial charge < -0.3 is 10.6 Å². The number of hydrogen-bond acceptors (Lipinski definition) is 2. The summed E-state index contributed by atoms with van der Waals surface area (Å²) in [6.45, 7) is 4.55. The Labute approximate surface area is 76.1 Å². The molecule has 0 radical (unpaired) electrons. The molecule has 2 N–H and O–H groups in total. The molecule has 1 aliphatic carbocycles. The fourth-order valence-electron chi connectivity index (χ4n) is 1.57. The fourth-order valence-corrected chi connectivity index (χ4v) is 1.57. The van der Waals surface area contributed by atoms with E-state index >= 15 is 0 Å². The van der Waals surface area contributed by atoms with Gasteiger partial charge >= 0.3 is 0 Å². The Balaban J connectivity index is 2.00. The fraction of sp³-hybridized carbons (Fsp3) is 1.00. The first kappa shape index (κ1) is 10.0. The van der Waals surface area contributed by atoms with Crippen LogP contribution in [-0.4, -0.2) is 30.6 Å². The zero-order valence-electron chi connectivity index (χ0n) is 8.47. The van der Waals surface area contributed by atoms with Crippen molar-refractivity contribution in [2.24, 2.45) is 5.73 Å². The third kappa shape index (κ3) is 3.55. The standard InChI is InChI=1S/C10H22N2/c1-3-4-5-8-12(2)9-10(11)6-7-10/h3-9,11H2,1-2H3. The Morgan fingerprint density at radius 3 is 2.50 bits per heavy atom. The van der Waals surface area contributed by atoms with Gasteiger partial charge in [-0.3, -0.25) is 0 Å². The number of nitrogens with two attached hydrogens (primary N) is 1. The summed E-state index contributed by atoms with van der Waals surface area (Å²) in [6, 6.07) is 0. The van der Waals surface area contributed by atoms with Gasteiger partial charge in [-0.1, -0.05) is 19.8 Å². The van der Waals surface area contributed by atoms with Gasteiger partial charge in [0.25, 0.3) is 0 Å². The lowest BCUT2D eigenvalue weighted by molar-refractivity contribution is 0.296. The molecule has 0 spiro atoms. The average molecular weight is 170 g/mol. The first-order chi connectivity index (χ1) is 5.66. The minimum Gasteiger partial charge on any atom is -0.324 e. The van der Waals surface area contributed by atoms with E-state index < -0.39 is 0 Å². The van der Waals surface area contributed by atoms with Gasteiger partial charge in [-0.05, 0) is 32.9 Å². The molecule has 1 rings (SSSR count). The summed E-state index contributed by atoms with van der Waals surface area (Å²) in [7, 11) is 2.18. The van der Waals surface area contributed by atoms with Crippen LogP contribution in [0.4, 0.5) is 0 Å². The van der Waals surface area contributed by atoms with Crippen LogP contribution in [0.5, 0.6) is 0 Å². The lowest BCUT2D eigenvalue weighted by Gasteiger charge is -2.20. The van der Waals surface area contributed by atoms with Crippen molar-refractivity contribution in [3.8, 4) is 0 Å². The molecule has 0 saturated heterocycles. The predicted octanol–water partition coefficient (Wildman–Crippen LogP) is 1.60. The highest BCUT2D eigenvalue weighted by atomic mass is 15.1. The molecule has 0 aromatic carbocycles. The van der Waals surface area contributed by atoms with E-state index in [1.165, 1.54) is 38.6 Å². The van der Waals surface area contributed by atoms with E-state index in [1.807, 2.05) is 0 Å². The van der Waals surface area contributed by atoms with Crippen LogP contribution in [0.3, 0.4) is 0 Å². The van der Waals surface area contributed by atoms with E-state index in [4.69, 9.17) is 5.73 Å². The summed E-state index contributed by atoms with van der Waals surface area (Å²) in [5, 5.41) is 0. The van der Waals surface area contributed by atoms with Crippen LogP contribution in [0.2, 0.25) is 0 Å². The summed E-state index contributed by atoms with van der Waals surface area (Å²) >= 11 is 0. The van der Waals surface area contributed by atoms with Crippen LogP contribution in [0, 0.1) is 0 Å². The Hall–Kier alpha value is -0.0800. The Morgan fingerprint density at radius 2 is 2.00 bits per heavy atom. The highest BCUT2D eigenvalue weighted by Crippen LogP contribution is 2.32. The first-order valence-electron chi connectivity index (χ1n) is 5.14. The van der Waals surface area contributed by atoms with Crippen molar-refractivity contribution < 1.29 is 0 Å². The van der Waals surface area contributed by atoms with Crippen LogP contribution in [0.15, 0.2) is 0 Å². The number of nitrogens with zero attached hydrogens (tertiary/aromatic N) is 1. The largest absolute Gasteiger partial charge is 0.324 e. The summed E-state index contributed by atoms with van der Waals surface area (Å²) in [4.78, 5) is 2.38. The Kier molecular flexibility index (Phi) is 3.53. The zero-order chi connectivity index (χ0) is 9.03. The van der Waals surface area contributed by atoms with Crippen LogP contribution in [0.25, 0.3) is 0 Å². The van der Waals surface area contributed by atoms with E-state index in [9.17, 15) is 0 Å². The minimum absolute atomic E-state index is 0.195. The number of likely N-dealkylation sites (N-methyl/N-ethyl adjacent to an activating group) is 1. The second-order valence-electron chi connectivity index (χ2n) is 4.31. The Morgan fingerprint density at radius 1 is 1.33 bits per heavy atom. The van der Waals surface area contributed by atoms with E-state index in [1.54, 1.807) is 0 Å². The van der Waals surface area contributed by atoms with E-state index in [0.29, 0.717) is 0 Å². The van der Waals surface area contributed by atoms with Gasteiger partial charge in [-0.2, -0.15) is 0 Å². The predicted molar refractivity (Wildman–Crippen MR) is 53.2 cm³/mol. The first-order valence-corrected chi connectivity index (χ1v) is 5.14. The SMILES string of the molecule is CCCCCN(C)CC1(N)CC1. The molecule has 72 valence electrons. The summed E-state index contributed by atoms with van der Waals surface area (Å²) < 4.78 is 0. The molecule has 0 amide bonds. The van der Waals surface area contributed by atoms with E-state index in [0.717, 1.165) is 6.54 Å². The quantitative estimate of drug-likeness (QED) is 0.613. The minimum atomic E-state index is 0.195. The van der Waals surface area contributed by atoms with Gasteiger partial charge in [-0.25, -0.2) is 0 Å². The van der Waals surface area contributed by atoms with Crippen molar-refractivity contribution in [1.82, 2.24) is 4.90 Å². The maximum atomic E-state index is 6.01. The zero-order valence-corrected chi connectivity index (χ0v) is 8.47. The second-order valence-corrected chi connectivity index (χ2v) is 4.31. The summed E-state index contributed by atoms with van der Waals surface area (Å²) in [5.74, 6) is 0. The molecule has 1 aliphatic rings. The molecule has 0 atom stereocenters. The van der Waals surface area contributed by atoms with Crippen molar-refractivity contribution in [2.75, 3.05) is 20.1 Å². The van der Waals surface area contributed by atoms with Gasteiger partial charge in [0.1, 0.15) is 0 Å². The van der Waals surface area contributed by atoms with E-state index in [2.05, 4.69) is 18.9 Å². The van der Waals surface area contributed by atoms with Crippen molar-refractivity contribution in [2.45, 2.75) is 44.6 Å². The van der Waals surface area contributed by atoms with Crippen LogP contribution < -0.4 is 5.73 Å². The molecule has 0 unspecified atom stereocenters. The van der Waals surface area contributed by atoms with Gasteiger partial charge in [0, 0.05) is 12.1 Å². The molecule has 2 heteroatoms. The maximum absolute atomic E-state index is 6.01. The normalized spacial score (nSPS) is 20.0. The van der Waals surface area contributed by atoms with Gasteiger partial charge in [0.15, 0.2) is 0 Å². The molecular formula is C10H22N2. The molecule has 12 heavy (non-hydrogen) atoms. The van der Waals surface area contributed by atoms with Gasteiger partial charge in [-0.15, -0.1) is 0 Å². The molecule has 2 nitrogen and oxygen atoms in total. The smallest absolute Gasteiger partial charge is 0.0284 e. The molecule has 0 bridgehead atoms. The summed E-state index contributed by atoms with van der Waals surface area (Å²) in [6.07, 6.45) is 6.43. The molecule has 1 fully saturated rings. The van der Waals surface area contributed by atoms with Crippen molar-refractivity contribution >= 4 is 0 Å². The van der Waals surface area contributed by atoms with Crippen LogP contribution in [-0.2, 0) is 0 Å². The Bertz CT molecular complexity index is 130. The number of unbranched alkanes of at least 4 members (excludes halogenated alkanes) is 2. The highest BCUT2D eigenvalue weighted by Gasteiger charge is 2.38.